The summed E-state index contributed by atoms with van der Waals surface area (Å²) in [4.78, 5) is 31.7. The summed E-state index contributed by atoms with van der Waals surface area (Å²) in [6.07, 6.45) is 4.26. The molecule has 10 nitrogen and oxygen atoms in total. The van der Waals surface area contributed by atoms with E-state index in [2.05, 4.69) is 34.1 Å². The van der Waals surface area contributed by atoms with Gasteiger partial charge < -0.3 is 14.7 Å². The molecule has 1 fully saturated rings. The van der Waals surface area contributed by atoms with Gasteiger partial charge in [-0.3, -0.25) is 9.30 Å². The maximum Gasteiger partial charge on any atom is 0.490 e. The second-order valence-corrected chi connectivity index (χ2v) is 8.65. The first-order valence-electron chi connectivity index (χ1n) is 10.7. The van der Waals surface area contributed by atoms with Crippen LogP contribution in [0.3, 0.4) is 0 Å². The molecule has 0 unspecified atom stereocenters. The average molecular weight is 522 g/mol. The lowest BCUT2D eigenvalue weighted by Crippen LogP contribution is -2.46. The number of rotatable bonds is 5. The average Bonchev–Trinajstić information content (AvgIpc) is 3.54. The van der Waals surface area contributed by atoms with Crippen LogP contribution in [-0.2, 0) is 11.3 Å². The van der Waals surface area contributed by atoms with Gasteiger partial charge in [-0.1, -0.05) is 0 Å². The number of pyridine rings is 1. The minimum absolute atomic E-state index is 0.598. The van der Waals surface area contributed by atoms with E-state index < -0.39 is 12.1 Å². The number of imidazole rings is 1. The molecule has 0 aromatic carbocycles. The van der Waals surface area contributed by atoms with Gasteiger partial charge in [-0.25, -0.2) is 24.7 Å². The van der Waals surface area contributed by atoms with Crippen LogP contribution in [0.5, 0.6) is 5.88 Å². The van der Waals surface area contributed by atoms with Gasteiger partial charge in [0.15, 0.2) is 11.5 Å². The van der Waals surface area contributed by atoms with Crippen LogP contribution in [0.2, 0.25) is 0 Å². The van der Waals surface area contributed by atoms with Gasteiger partial charge >= 0.3 is 12.1 Å². The van der Waals surface area contributed by atoms with Crippen molar-refractivity contribution in [3.8, 4) is 17.1 Å². The molecule has 1 saturated heterocycles. The number of aromatic nitrogens is 5. The predicted octanol–water partition coefficient (Wildman–Crippen LogP) is 3.21. The van der Waals surface area contributed by atoms with Crippen LogP contribution in [0.1, 0.15) is 5.01 Å². The van der Waals surface area contributed by atoms with Crippen LogP contribution < -0.4 is 9.64 Å². The summed E-state index contributed by atoms with van der Waals surface area (Å²) in [5.41, 5.74) is 2.84. The number of aliphatic carboxylic acids is 1. The van der Waals surface area contributed by atoms with Crippen molar-refractivity contribution < 1.29 is 27.8 Å². The van der Waals surface area contributed by atoms with Crippen LogP contribution in [0.4, 0.5) is 19.0 Å². The predicted molar refractivity (Wildman–Crippen MR) is 126 cm³/mol. The number of nitrogens with zero attached hydrogens (tertiary/aromatic N) is 7. The number of ether oxygens (including phenoxy) is 1. The Morgan fingerprint density at radius 3 is 2.42 bits per heavy atom. The molecule has 1 N–H and O–H groups in total. The number of hydrogen-bond donors (Lipinski definition) is 1. The lowest BCUT2D eigenvalue weighted by Gasteiger charge is -2.34. The smallest absolute Gasteiger partial charge is 0.481 e. The van der Waals surface area contributed by atoms with Crippen molar-refractivity contribution >= 4 is 28.8 Å². The maximum absolute atomic E-state index is 10.6. The standard InChI is InChI=1S/C20H21N7OS.C2HF3O2/c1-28-17-3-2-15(12-23-17)16-13-24-20-19(22-4-6-27(16)20)26-9-7-25(8-10-26)14-18-21-5-11-29-18;3-2(4,5)1(6)7/h2-6,11-13H,7-10,14H2,1H3;(H,6,7). The summed E-state index contributed by atoms with van der Waals surface area (Å²) >= 11 is 1.71. The van der Waals surface area contributed by atoms with Crippen molar-refractivity contribution in [3.63, 3.8) is 0 Å². The molecule has 5 rings (SSSR count). The van der Waals surface area contributed by atoms with Crippen molar-refractivity contribution in [1.82, 2.24) is 29.2 Å². The molecule has 0 saturated carbocycles. The van der Waals surface area contributed by atoms with Crippen LogP contribution in [0.25, 0.3) is 16.9 Å². The van der Waals surface area contributed by atoms with Crippen LogP contribution in [0, 0.1) is 0 Å². The highest BCUT2D eigenvalue weighted by molar-refractivity contribution is 7.09. The fraction of sp³-hybridized carbons (Fsp3) is 0.318. The number of carboxylic acids is 1. The van der Waals surface area contributed by atoms with Gasteiger partial charge in [-0.2, -0.15) is 13.2 Å². The van der Waals surface area contributed by atoms with Gasteiger partial charge in [-0.15, -0.1) is 11.3 Å². The highest BCUT2D eigenvalue weighted by Crippen LogP contribution is 2.26. The van der Waals surface area contributed by atoms with Crippen LogP contribution in [-0.4, -0.2) is 79.8 Å². The van der Waals surface area contributed by atoms with Gasteiger partial charge in [0, 0.05) is 68.0 Å². The number of fused-ring (bicyclic) bond motifs is 1. The Kier molecular flexibility index (Phi) is 7.64. The van der Waals surface area contributed by atoms with Gasteiger partial charge in [0.1, 0.15) is 5.01 Å². The number of alkyl halides is 3. The Morgan fingerprint density at radius 1 is 1.08 bits per heavy atom. The number of hydrogen-bond acceptors (Lipinski definition) is 9. The third-order valence-electron chi connectivity index (χ3n) is 5.41. The lowest BCUT2D eigenvalue weighted by molar-refractivity contribution is -0.192. The molecular weight excluding hydrogens is 499 g/mol. The fourth-order valence-corrected chi connectivity index (χ4v) is 4.29. The van der Waals surface area contributed by atoms with Gasteiger partial charge in [-0.05, 0) is 6.07 Å². The first-order chi connectivity index (χ1) is 17.3. The number of methoxy groups -OCH3 is 1. The monoisotopic (exact) mass is 521 g/mol. The Morgan fingerprint density at radius 2 is 1.83 bits per heavy atom. The number of piperazine rings is 1. The second kappa shape index (κ2) is 10.9. The van der Waals surface area contributed by atoms with E-state index in [-0.39, 0.29) is 0 Å². The van der Waals surface area contributed by atoms with Crippen molar-refractivity contribution in [1.29, 1.82) is 0 Å². The highest BCUT2D eigenvalue weighted by atomic mass is 32.1. The number of halogens is 3. The zero-order valence-electron chi connectivity index (χ0n) is 19.1. The minimum Gasteiger partial charge on any atom is -0.481 e. The largest absolute Gasteiger partial charge is 0.490 e. The van der Waals surface area contributed by atoms with E-state index in [0.717, 1.165) is 55.4 Å². The van der Waals surface area contributed by atoms with Crippen molar-refractivity contribution in [2.45, 2.75) is 12.7 Å². The molecular formula is C22H22F3N7O3S. The summed E-state index contributed by atoms with van der Waals surface area (Å²) in [6.45, 7) is 4.73. The topological polar surface area (TPSA) is 109 Å². The summed E-state index contributed by atoms with van der Waals surface area (Å²) in [5, 5.41) is 10.3. The van der Waals surface area contributed by atoms with Crippen LogP contribution in [0.15, 0.2) is 48.5 Å². The maximum atomic E-state index is 10.6. The van der Waals surface area contributed by atoms with Crippen LogP contribution >= 0.6 is 11.3 Å². The molecule has 0 spiro atoms. The quantitative estimate of drug-likeness (QED) is 0.423. The van der Waals surface area contributed by atoms with Gasteiger partial charge in [0.05, 0.1) is 25.5 Å². The molecule has 4 aromatic heterocycles. The molecule has 0 atom stereocenters. The first-order valence-corrected chi connectivity index (χ1v) is 11.6. The molecule has 0 radical (unpaired) electrons. The normalized spacial score (nSPS) is 14.4. The Balaban J connectivity index is 0.000000384. The fourth-order valence-electron chi connectivity index (χ4n) is 3.63. The second-order valence-electron chi connectivity index (χ2n) is 7.67. The summed E-state index contributed by atoms with van der Waals surface area (Å²) in [7, 11) is 1.62. The van der Waals surface area contributed by atoms with E-state index in [1.807, 2.05) is 42.3 Å². The van der Waals surface area contributed by atoms with Gasteiger partial charge in [0.2, 0.25) is 5.88 Å². The molecule has 0 aliphatic carbocycles. The Bertz CT molecular complexity index is 1290. The third kappa shape index (κ3) is 5.88. The van der Waals surface area contributed by atoms with E-state index in [1.54, 1.807) is 24.6 Å². The SMILES string of the molecule is COc1ccc(-c2cnc3c(N4CCN(Cc5nccs5)CC4)nccn23)cn1.O=C(O)C(F)(F)F. The Hall–Kier alpha value is -3.78. The highest BCUT2D eigenvalue weighted by Gasteiger charge is 2.38. The minimum atomic E-state index is -5.08. The van der Waals surface area contributed by atoms with Crippen molar-refractivity contribution in [3.05, 3.63) is 53.5 Å². The zero-order valence-corrected chi connectivity index (χ0v) is 19.9. The molecule has 5 heterocycles. The molecule has 1 aliphatic heterocycles. The molecule has 1 aliphatic rings. The van der Waals surface area contributed by atoms with E-state index in [0.29, 0.717) is 5.88 Å². The molecule has 0 bridgehead atoms. The van der Waals surface area contributed by atoms with E-state index >= 15 is 0 Å². The zero-order chi connectivity index (χ0) is 25.7. The summed E-state index contributed by atoms with van der Waals surface area (Å²) < 4.78 is 39.0. The third-order valence-corrected chi connectivity index (χ3v) is 6.17. The molecule has 4 aromatic rings. The number of carbonyl (C=O) groups is 1. The van der Waals surface area contributed by atoms with Gasteiger partial charge in [0.25, 0.3) is 0 Å². The van der Waals surface area contributed by atoms with E-state index in [1.165, 1.54) is 5.01 Å². The molecule has 0 amide bonds. The van der Waals surface area contributed by atoms with Crippen molar-refractivity contribution in [2.75, 3.05) is 38.2 Å². The summed E-state index contributed by atoms with van der Waals surface area (Å²) in [6, 6.07) is 3.85. The number of carboxylic acid groups (broad SMARTS) is 1. The molecule has 14 heteroatoms. The van der Waals surface area contributed by atoms with E-state index in [9.17, 15) is 13.2 Å². The summed E-state index contributed by atoms with van der Waals surface area (Å²) in [5.74, 6) is -1.23. The first kappa shape index (κ1) is 25.3. The number of anilines is 1. The van der Waals surface area contributed by atoms with Crippen molar-refractivity contribution in [2.24, 2.45) is 0 Å². The molecule has 36 heavy (non-hydrogen) atoms. The number of thiazole rings is 1. The molecule has 190 valence electrons. The Labute approximate surface area is 207 Å². The lowest BCUT2D eigenvalue weighted by atomic mass is 10.2. The van der Waals surface area contributed by atoms with E-state index in [4.69, 9.17) is 14.6 Å².